The number of nitrogens with zero attached hydrogens (tertiary/aromatic N) is 2. The summed E-state index contributed by atoms with van der Waals surface area (Å²) in [5, 5.41) is 4.07. The van der Waals surface area contributed by atoms with Gasteiger partial charge in [-0.1, -0.05) is 48.0 Å². The molecule has 0 bridgehead atoms. The molecular formula is C17H22BrN3O2S. The molecule has 0 aliphatic heterocycles. The first-order chi connectivity index (χ1) is 11.6. The van der Waals surface area contributed by atoms with E-state index >= 15 is 0 Å². The minimum Gasteiger partial charge on any atom is -0.355 e. The van der Waals surface area contributed by atoms with Crippen LogP contribution in [0.3, 0.4) is 0 Å². The Balaban J connectivity index is 2.25. The molecule has 0 aliphatic carbocycles. The van der Waals surface area contributed by atoms with Gasteiger partial charge in [0.2, 0.25) is 5.91 Å². The fourth-order valence-electron chi connectivity index (χ4n) is 2.29. The Hall–Kier alpha value is -1.34. The summed E-state index contributed by atoms with van der Waals surface area (Å²) >= 11 is 4.71. The number of carbonyl (C=O) groups excluding carboxylic acids is 1. The third-order valence-electron chi connectivity index (χ3n) is 3.51. The highest BCUT2D eigenvalue weighted by Gasteiger charge is 2.13. The van der Waals surface area contributed by atoms with Crippen LogP contribution in [0, 0.1) is 0 Å². The molecule has 0 saturated carbocycles. The van der Waals surface area contributed by atoms with Gasteiger partial charge < -0.3 is 5.32 Å². The third kappa shape index (κ3) is 4.83. The molecule has 0 saturated heterocycles. The summed E-state index contributed by atoms with van der Waals surface area (Å²) in [4.78, 5) is 29.2. The summed E-state index contributed by atoms with van der Waals surface area (Å²) in [5.74, 6) is 0.240. The molecule has 0 fully saturated rings. The van der Waals surface area contributed by atoms with E-state index < -0.39 is 0 Å². The lowest BCUT2D eigenvalue weighted by Gasteiger charge is -2.12. The van der Waals surface area contributed by atoms with Crippen molar-refractivity contribution in [2.24, 2.45) is 0 Å². The topological polar surface area (TPSA) is 64.0 Å². The molecule has 24 heavy (non-hydrogen) atoms. The minimum atomic E-state index is -0.0583. The zero-order valence-corrected chi connectivity index (χ0v) is 16.4. The highest BCUT2D eigenvalue weighted by molar-refractivity contribution is 9.10. The van der Waals surface area contributed by atoms with Crippen molar-refractivity contribution in [3.8, 4) is 0 Å². The minimum absolute atomic E-state index is 0.0262. The van der Waals surface area contributed by atoms with Crippen molar-refractivity contribution in [2.45, 2.75) is 44.8 Å². The largest absolute Gasteiger partial charge is 0.355 e. The van der Waals surface area contributed by atoms with Gasteiger partial charge in [0.15, 0.2) is 5.16 Å². The fourth-order valence-corrected chi connectivity index (χ4v) is 3.51. The number of hydrogen-bond acceptors (Lipinski definition) is 4. The molecule has 1 aromatic carbocycles. The van der Waals surface area contributed by atoms with E-state index in [4.69, 9.17) is 0 Å². The molecule has 0 spiro atoms. The van der Waals surface area contributed by atoms with Crippen LogP contribution < -0.4 is 10.9 Å². The van der Waals surface area contributed by atoms with Gasteiger partial charge in [-0.25, -0.2) is 4.98 Å². The number of benzene rings is 1. The lowest BCUT2D eigenvalue weighted by Crippen LogP contribution is -2.27. The van der Waals surface area contributed by atoms with Gasteiger partial charge in [-0.15, -0.1) is 0 Å². The van der Waals surface area contributed by atoms with Gasteiger partial charge in [-0.3, -0.25) is 14.2 Å². The van der Waals surface area contributed by atoms with E-state index in [1.54, 1.807) is 10.6 Å². The van der Waals surface area contributed by atoms with E-state index in [9.17, 15) is 9.59 Å². The number of nitrogens with one attached hydrogen (secondary N) is 1. The third-order valence-corrected chi connectivity index (χ3v) is 4.98. The highest BCUT2D eigenvalue weighted by Crippen LogP contribution is 2.20. The fraction of sp³-hybridized carbons (Fsp3) is 0.471. The predicted octanol–water partition coefficient (Wildman–Crippen LogP) is 3.58. The van der Waals surface area contributed by atoms with Crippen molar-refractivity contribution in [1.29, 1.82) is 0 Å². The number of unbranched alkanes of at least 4 members (excludes halogenated alkanes) is 1. The van der Waals surface area contributed by atoms with Crippen LogP contribution in [-0.2, 0) is 11.3 Å². The van der Waals surface area contributed by atoms with Gasteiger partial charge >= 0.3 is 0 Å². The van der Waals surface area contributed by atoms with E-state index in [-0.39, 0.29) is 17.2 Å². The SMILES string of the molecule is CCCCNC(=O)CSc1nc2ccc(Br)cc2c(=O)n1CCC. The lowest BCUT2D eigenvalue weighted by atomic mass is 10.2. The zero-order valence-electron chi connectivity index (χ0n) is 14.0. The number of fused-ring (bicyclic) bond motifs is 1. The predicted molar refractivity (Wildman–Crippen MR) is 103 cm³/mol. The first-order valence-corrected chi connectivity index (χ1v) is 9.94. The molecule has 0 atom stereocenters. The second-order valence-corrected chi connectivity index (χ2v) is 7.36. The number of rotatable bonds is 8. The summed E-state index contributed by atoms with van der Waals surface area (Å²) < 4.78 is 2.52. The smallest absolute Gasteiger partial charge is 0.262 e. The van der Waals surface area contributed by atoms with Crippen LogP contribution in [0.2, 0.25) is 0 Å². The molecular weight excluding hydrogens is 390 g/mol. The second-order valence-electron chi connectivity index (χ2n) is 5.50. The summed E-state index contributed by atoms with van der Waals surface area (Å²) in [5.41, 5.74) is 0.599. The Labute approximate surface area is 154 Å². The molecule has 2 aromatic rings. The van der Waals surface area contributed by atoms with Crippen LogP contribution in [0.4, 0.5) is 0 Å². The van der Waals surface area contributed by atoms with Crippen LogP contribution in [0.1, 0.15) is 33.1 Å². The maximum absolute atomic E-state index is 12.7. The lowest BCUT2D eigenvalue weighted by molar-refractivity contribution is -0.118. The second kappa shape index (κ2) is 9.22. The molecule has 1 aromatic heterocycles. The Morgan fingerprint density at radius 3 is 2.83 bits per heavy atom. The number of carbonyl (C=O) groups is 1. The van der Waals surface area contributed by atoms with Gasteiger partial charge in [-0.05, 0) is 31.0 Å². The Bertz CT molecular complexity index is 776. The van der Waals surface area contributed by atoms with Crippen molar-refractivity contribution >= 4 is 44.5 Å². The number of thioether (sulfide) groups is 1. The molecule has 5 nitrogen and oxygen atoms in total. The molecule has 7 heteroatoms. The molecule has 1 N–H and O–H groups in total. The standard InChI is InChI=1S/C17H22BrN3O2S/c1-3-5-8-19-15(22)11-24-17-20-14-7-6-12(18)10-13(14)16(23)21(17)9-4-2/h6-7,10H,3-5,8-9,11H2,1-2H3,(H,19,22). The van der Waals surface area contributed by atoms with Gasteiger partial charge in [0.05, 0.1) is 16.7 Å². The highest BCUT2D eigenvalue weighted by atomic mass is 79.9. The monoisotopic (exact) mass is 411 g/mol. The number of halogens is 1. The zero-order chi connectivity index (χ0) is 17.5. The Morgan fingerprint density at radius 1 is 1.33 bits per heavy atom. The van der Waals surface area contributed by atoms with Crippen LogP contribution in [0.5, 0.6) is 0 Å². The van der Waals surface area contributed by atoms with Crippen molar-refractivity contribution in [3.63, 3.8) is 0 Å². The Kier molecular flexibility index (Phi) is 7.30. The molecule has 1 amide bonds. The van der Waals surface area contributed by atoms with Crippen molar-refractivity contribution in [1.82, 2.24) is 14.9 Å². The van der Waals surface area contributed by atoms with Crippen LogP contribution >= 0.6 is 27.7 Å². The van der Waals surface area contributed by atoms with Gasteiger partial charge in [0.1, 0.15) is 0 Å². The van der Waals surface area contributed by atoms with E-state index in [0.717, 1.165) is 23.7 Å². The van der Waals surface area contributed by atoms with E-state index in [1.165, 1.54) is 11.8 Å². The maximum Gasteiger partial charge on any atom is 0.262 e. The van der Waals surface area contributed by atoms with Crippen molar-refractivity contribution in [2.75, 3.05) is 12.3 Å². The molecule has 0 radical (unpaired) electrons. The molecule has 0 unspecified atom stereocenters. The van der Waals surface area contributed by atoms with E-state index in [2.05, 4.69) is 33.2 Å². The summed E-state index contributed by atoms with van der Waals surface area (Å²) in [6.45, 7) is 5.38. The first kappa shape index (κ1) is 19.0. The molecule has 0 aliphatic rings. The average Bonchev–Trinajstić information content (AvgIpc) is 2.57. The maximum atomic E-state index is 12.7. The van der Waals surface area contributed by atoms with Crippen LogP contribution in [0.25, 0.3) is 10.9 Å². The summed E-state index contributed by atoms with van der Waals surface area (Å²) in [6.07, 6.45) is 2.85. The van der Waals surface area contributed by atoms with E-state index in [0.29, 0.717) is 29.1 Å². The number of amides is 1. The van der Waals surface area contributed by atoms with Crippen LogP contribution in [-0.4, -0.2) is 27.8 Å². The van der Waals surface area contributed by atoms with Crippen molar-refractivity contribution < 1.29 is 4.79 Å². The number of aromatic nitrogens is 2. The Morgan fingerprint density at radius 2 is 2.12 bits per heavy atom. The molecule has 1 heterocycles. The summed E-state index contributed by atoms with van der Waals surface area (Å²) in [6, 6.07) is 5.48. The van der Waals surface area contributed by atoms with Gasteiger partial charge in [0, 0.05) is 17.6 Å². The molecule has 2 rings (SSSR count). The van der Waals surface area contributed by atoms with Gasteiger partial charge in [0.25, 0.3) is 5.56 Å². The van der Waals surface area contributed by atoms with Gasteiger partial charge in [-0.2, -0.15) is 0 Å². The average molecular weight is 412 g/mol. The normalized spacial score (nSPS) is 11.0. The number of hydrogen-bond donors (Lipinski definition) is 1. The molecule has 130 valence electrons. The van der Waals surface area contributed by atoms with Crippen LogP contribution in [0.15, 0.2) is 32.6 Å². The van der Waals surface area contributed by atoms with Crippen molar-refractivity contribution in [3.05, 3.63) is 33.0 Å². The quantitative estimate of drug-likeness (QED) is 0.409. The summed E-state index contributed by atoms with van der Waals surface area (Å²) in [7, 11) is 0. The van der Waals surface area contributed by atoms with E-state index in [1.807, 2.05) is 19.1 Å². The first-order valence-electron chi connectivity index (χ1n) is 8.16.